The first-order valence-corrected chi connectivity index (χ1v) is 12.2. The second kappa shape index (κ2) is 9.85. The second-order valence-corrected chi connectivity index (χ2v) is 11.0. The fraction of sp³-hybridized carbons (Fsp3) is 0.696. The quantitative estimate of drug-likeness (QED) is 0.661. The minimum absolute atomic E-state index is 0.105. The number of nitrogens with zero attached hydrogens (tertiary/aromatic N) is 2. The number of aliphatic carboxylic acids is 1. The van der Waals surface area contributed by atoms with Crippen LogP contribution in [0.2, 0.25) is 0 Å². The van der Waals surface area contributed by atoms with Crippen LogP contribution in [0.3, 0.4) is 0 Å². The summed E-state index contributed by atoms with van der Waals surface area (Å²) >= 11 is 1.89. The molecule has 2 saturated heterocycles. The summed E-state index contributed by atoms with van der Waals surface area (Å²) < 4.78 is 31.7. The van der Waals surface area contributed by atoms with Crippen molar-refractivity contribution in [1.29, 1.82) is 0 Å². The third-order valence-corrected chi connectivity index (χ3v) is 8.73. The largest absolute Gasteiger partial charge is 0.490 e. The molecule has 1 aromatic rings. The van der Waals surface area contributed by atoms with Crippen LogP contribution in [0.1, 0.15) is 42.4 Å². The number of thiophene rings is 1. The number of amides is 2. The van der Waals surface area contributed by atoms with Crippen molar-refractivity contribution in [3.05, 3.63) is 21.9 Å². The van der Waals surface area contributed by atoms with E-state index in [9.17, 15) is 22.8 Å². The highest BCUT2D eigenvalue weighted by molar-refractivity contribution is 7.11. The second-order valence-electron chi connectivity index (χ2n) is 9.64. The Morgan fingerprint density at radius 3 is 2.26 bits per heavy atom. The minimum Gasteiger partial charge on any atom is -0.475 e. The van der Waals surface area contributed by atoms with E-state index in [1.807, 2.05) is 16.2 Å². The van der Waals surface area contributed by atoms with E-state index in [1.165, 1.54) is 9.75 Å². The van der Waals surface area contributed by atoms with Gasteiger partial charge in [0.05, 0.1) is 5.41 Å². The Labute approximate surface area is 201 Å². The number of carbonyl (C=O) groups excluding carboxylic acids is 2. The van der Waals surface area contributed by atoms with Gasteiger partial charge in [-0.25, -0.2) is 4.79 Å². The molecule has 0 aromatic carbocycles. The SMILES string of the molecule is CNC(=O)[C@@]12CCC3(CCN(Cc4ccc(C)s4)CC3)[C@@H]1CN(C(C)=O)C2.O=C(O)C(F)(F)F. The zero-order chi connectivity index (χ0) is 25.3. The van der Waals surface area contributed by atoms with E-state index in [2.05, 4.69) is 29.3 Å². The molecule has 1 aliphatic carbocycles. The Hall–Kier alpha value is -2.14. The van der Waals surface area contributed by atoms with Gasteiger partial charge in [0.15, 0.2) is 0 Å². The summed E-state index contributed by atoms with van der Waals surface area (Å²) in [5, 5.41) is 10.0. The number of hydrogen-bond acceptors (Lipinski definition) is 5. The monoisotopic (exact) mass is 503 g/mol. The number of carboxylic acids is 1. The standard InChI is InChI=1S/C21H31N3O2S.C2HF3O2/c1-15-4-5-17(27-15)12-23-10-8-20(9-11-23)6-7-21(19(26)22-3)14-24(16(2)25)13-18(20)21;3-2(4,5)1(6)7/h4-5,18H,6-14H2,1-3H3,(H,22,26);(H,6,7)/t18-,21+;/m0./s1. The number of alkyl halides is 3. The summed E-state index contributed by atoms with van der Waals surface area (Å²) in [5.41, 5.74) is -0.147. The molecular formula is C23H32F3N3O4S. The number of hydrogen-bond donors (Lipinski definition) is 2. The zero-order valence-electron chi connectivity index (χ0n) is 19.7. The average molecular weight is 504 g/mol. The van der Waals surface area contributed by atoms with Gasteiger partial charge >= 0.3 is 12.1 Å². The van der Waals surface area contributed by atoms with Gasteiger partial charge in [0, 0.05) is 43.4 Å². The molecule has 0 unspecified atom stereocenters. The molecule has 1 spiro atoms. The van der Waals surface area contributed by atoms with Gasteiger partial charge in [-0.3, -0.25) is 14.5 Å². The molecule has 7 nitrogen and oxygen atoms in total. The highest BCUT2D eigenvalue weighted by Gasteiger charge is 2.64. The highest BCUT2D eigenvalue weighted by Crippen LogP contribution is 2.62. The molecule has 4 rings (SSSR count). The first-order chi connectivity index (χ1) is 15.8. The number of carboxylic acid groups (broad SMARTS) is 1. The van der Waals surface area contributed by atoms with E-state index in [4.69, 9.17) is 9.90 Å². The summed E-state index contributed by atoms with van der Waals surface area (Å²) in [5.74, 6) is -2.20. The fourth-order valence-electron chi connectivity index (χ4n) is 5.97. The van der Waals surface area contributed by atoms with Crippen LogP contribution in [0, 0.1) is 23.7 Å². The van der Waals surface area contributed by atoms with Crippen molar-refractivity contribution in [3.8, 4) is 0 Å². The van der Waals surface area contributed by atoms with E-state index >= 15 is 0 Å². The maximum atomic E-state index is 12.9. The number of rotatable bonds is 3. The van der Waals surface area contributed by atoms with Crippen molar-refractivity contribution in [3.63, 3.8) is 0 Å². The van der Waals surface area contributed by atoms with Crippen LogP contribution in [0.25, 0.3) is 0 Å². The number of likely N-dealkylation sites (tertiary alicyclic amines) is 2. The van der Waals surface area contributed by atoms with Gasteiger partial charge < -0.3 is 15.3 Å². The van der Waals surface area contributed by atoms with Gasteiger partial charge in [-0.2, -0.15) is 13.2 Å². The van der Waals surface area contributed by atoms with Crippen LogP contribution in [0.15, 0.2) is 12.1 Å². The molecular weight excluding hydrogens is 471 g/mol. The molecule has 3 fully saturated rings. The zero-order valence-corrected chi connectivity index (χ0v) is 20.5. The Morgan fingerprint density at radius 1 is 1.18 bits per heavy atom. The van der Waals surface area contributed by atoms with Crippen molar-refractivity contribution in [2.75, 3.05) is 33.2 Å². The number of nitrogens with one attached hydrogen (secondary N) is 1. The van der Waals surface area contributed by atoms with Crippen LogP contribution < -0.4 is 5.32 Å². The van der Waals surface area contributed by atoms with Crippen molar-refractivity contribution in [2.24, 2.45) is 16.7 Å². The van der Waals surface area contributed by atoms with Gasteiger partial charge in [-0.1, -0.05) is 0 Å². The third kappa shape index (κ3) is 5.25. The molecule has 2 N–H and O–H groups in total. The molecule has 2 aliphatic heterocycles. The maximum Gasteiger partial charge on any atom is 0.490 e. The maximum absolute atomic E-state index is 12.9. The summed E-state index contributed by atoms with van der Waals surface area (Å²) in [6.45, 7) is 8.39. The normalized spacial score (nSPS) is 26.1. The van der Waals surface area contributed by atoms with E-state index in [-0.39, 0.29) is 22.6 Å². The Morgan fingerprint density at radius 2 is 1.79 bits per heavy atom. The van der Waals surface area contributed by atoms with E-state index < -0.39 is 12.1 Å². The number of aryl methyl sites for hydroxylation is 1. The molecule has 2 amide bonds. The lowest BCUT2D eigenvalue weighted by Crippen LogP contribution is -2.48. The lowest BCUT2D eigenvalue weighted by Gasteiger charge is -2.44. The average Bonchev–Trinajstić information content (AvgIpc) is 3.44. The van der Waals surface area contributed by atoms with Crippen LogP contribution in [0.5, 0.6) is 0 Å². The first-order valence-electron chi connectivity index (χ1n) is 11.4. The van der Waals surface area contributed by atoms with Gasteiger partial charge in [-0.05, 0) is 69.2 Å². The highest BCUT2D eigenvalue weighted by atomic mass is 32.1. The molecule has 190 valence electrons. The molecule has 34 heavy (non-hydrogen) atoms. The van der Waals surface area contributed by atoms with Crippen LogP contribution in [-0.2, 0) is 20.9 Å². The summed E-state index contributed by atoms with van der Waals surface area (Å²) in [4.78, 5) is 41.1. The van der Waals surface area contributed by atoms with Gasteiger partial charge in [0.1, 0.15) is 0 Å². The number of piperidine rings is 1. The summed E-state index contributed by atoms with van der Waals surface area (Å²) in [7, 11) is 1.74. The third-order valence-electron chi connectivity index (χ3n) is 7.75. The van der Waals surface area contributed by atoms with E-state index in [1.54, 1.807) is 14.0 Å². The van der Waals surface area contributed by atoms with Crippen molar-refractivity contribution in [1.82, 2.24) is 15.1 Å². The summed E-state index contributed by atoms with van der Waals surface area (Å²) in [6, 6.07) is 4.45. The molecule has 0 bridgehead atoms. The van der Waals surface area contributed by atoms with Crippen molar-refractivity contribution >= 4 is 29.1 Å². The first kappa shape index (κ1) is 26.5. The predicted octanol–water partition coefficient (Wildman–Crippen LogP) is 3.28. The Kier molecular flexibility index (Phi) is 7.66. The number of carbonyl (C=O) groups is 3. The van der Waals surface area contributed by atoms with E-state index in [0.717, 1.165) is 51.9 Å². The Balaban J connectivity index is 0.000000406. The predicted molar refractivity (Wildman–Crippen MR) is 121 cm³/mol. The molecule has 1 saturated carbocycles. The number of fused-ring (bicyclic) bond motifs is 2. The van der Waals surface area contributed by atoms with Crippen LogP contribution in [-0.4, -0.2) is 72.1 Å². The molecule has 2 atom stereocenters. The van der Waals surface area contributed by atoms with Crippen LogP contribution >= 0.6 is 11.3 Å². The van der Waals surface area contributed by atoms with Gasteiger partial charge in [0.25, 0.3) is 0 Å². The van der Waals surface area contributed by atoms with Crippen LogP contribution in [0.4, 0.5) is 13.2 Å². The minimum atomic E-state index is -5.08. The van der Waals surface area contributed by atoms with Gasteiger partial charge in [0.2, 0.25) is 11.8 Å². The van der Waals surface area contributed by atoms with Gasteiger partial charge in [-0.15, -0.1) is 11.3 Å². The van der Waals surface area contributed by atoms with Crippen molar-refractivity contribution in [2.45, 2.75) is 52.3 Å². The summed E-state index contributed by atoms with van der Waals surface area (Å²) in [6.07, 6.45) is -0.743. The number of halogens is 3. The smallest absolute Gasteiger partial charge is 0.475 e. The van der Waals surface area contributed by atoms with Crippen molar-refractivity contribution < 1.29 is 32.7 Å². The lowest BCUT2D eigenvalue weighted by atomic mass is 9.65. The molecule has 3 heterocycles. The van der Waals surface area contributed by atoms with E-state index in [0.29, 0.717) is 12.5 Å². The molecule has 11 heteroatoms. The molecule has 1 aromatic heterocycles. The topological polar surface area (TPSA) is 90.0 Å². The lowest BCUT2D eigenvalue weighted by molar-refractivity contribution is -0.192. The molecule has 0 radical (unpaired) electrons. The fourth-order valence-corrected chi connectivity index (χ4v) is 6.90. The molecule has 3 aliphatic rings. The Bertz CT molecular complexity index is 927.